The van der Waals surface area contributed by atoms with Gasteiger partial charge in [0, 0.05) is 5.56 Å². The number of carbonyl (C=O) groups excluding carboxylic acids is 2. The zero-order valence-electron chi connectivity index (χ0n) is 11.3. The van der Waals surface area contributed by atoms with Gasteiger partial charge in [-0.3, -0.25) is 4.79 Å². The van der Waals surface area contributed by atoms with Gasteiger partial charge in [-0.05, 0) is 35.8 Å². The molecule has 1 atom stereocenters. The van der Waals surface area contributed by atoms with Crippen LogP contribution in [-0.4, -0.2) is 11.9 Å². The van der Waals surface area contributed by atoms with Crippen molar-refractivity contribution in [2.75, 3.05) is 0 Å². The summed E-state index contributed by atoms with van der Waals surface area (Å²) < 4.78 is 5.36. The fraction of sp³-hybridized carbons (Fsp3) is 0.250. The van der Waals surface area contributed by atoms with Crippen LogP contribution in [0.15, 0.2) is 41.8 Å². The molecule has 0 aliphatic heterocycles. The van der Waals surface area contributed by atoms with E-state index < -0.39 is 18.0 Å². The summed E-state index contributed by atoms with van der Waals surface area (Å²) in [7, 11) is 0. The van der Waals surface area contributed by atoms with Crippen molar-refractivity contribution in [2.24, 2.45) is 5.73 Å². The minimum atomic E-state index is -1.05. The standard InChI is InChI=1S/C16H15NO3S/c17-15(18)13(11-4-2-1-3-5-11)20-16(19)14-12(8-9-21-14)10-6-7-10/h1-5,8-10,13H,6-7H2,(H2,17,18). The van der Waals surface area contributed by atoms with Gasteiger partial charge in [-0.25, -0.2) is 4.79 Å². The molecule has 3 rings (SSSR count). The van der Waals surface area contributed by atoms with Crippen molar-refractivity contribution >= 4 is 23.2 Å². The van der Waals surface area contributed by atoms with Gasteiger partial charge in [0.15, 0.2) is 0 Å². The highest BCUT2D eigenvalue weighted by Gasteiger charge is 2.31. The van der Waals surface area contributed by atoms with Gasteiger partial charge in [0.1, 0.15) is 4.88 Å². The van der Waals surface area contributed by atoms with Gasteiger partial charge in [0.05, 0.1) is 0 Å². The molecule has 1 aliphatic carbocycles. The predicted octanol–water partition coefficient (Wildman–Crippen LogP) is 3.01. The molecule has 108 valence electrons. The average Bonchev–Trinajstić information content (AvgIpc) is 3.22. The molecule has 1 aromatic heterocycles. The lowest BCUT2D eigenvalue weighted by Gasteiger charge is -2.15. The number of esters is 1. The molecule has 1 aliphatic rings. The molecule has 2 aromatic rings. The first-order valence-electron chi connectivity index (χ1n) is 6.79. The van der Waals surface area contributed by atoms with Crippen LogP contribution in [0.1, 0.15) is 45.7 Å². The normalized spacial score (nSPS) is 15.4. The van der Waals surface area contributed by atoms with E-state index in [4.69, 9.17) is 10.5 Å². The van der Waals surface area contributed by atoms with E-state index in [1.807, 2.05) is 17.5 Å². The smallest absolute Gasteiger partial charge is 0.349 e. The number of thiophene rings is 1. The Balaban J connectivity index is 1.81. The SMILES string of the molecule is NC(=O)C(OC(=O)c1sccc1C1CC1)c1ccccc1. The summed E-state index contributed by atoms with van der Waals surface area (Å²) in [5.74, 6) is -0.679. The van der Waals surface area contributed by atoms with E-state index >= 15 is 0 Å². The number of primary amides is 1. The Hall–Kier alpha value is -2.14. The third kappa shape index (κ3) is 2.97. The zero-order valence-corrected chi connectivity index (χ0v) is 12.1. The molecule has 1 heterocycles. The highest BCUT2D eigenvalue weighted by atomic mass is 32.1. The van der Waals surface area contributed by atoms with Crippen LogP contribution in [0.5, 0.6) is 0 Å². The van der Waals surface area contributed by atoms with Gasteiger partial charge < -0.3 is 10.5 Å². The lowest BCUT2D eigenvalue weighted by atomic mass is 10.1. The number of hydrogen-bond donors (Lipinski definition) is 1. The highest BCUT2D eigenvalue weighted by molar-refractivity contribution is 7.12. The zero-order chi connectivity index (χ0) is 14.8. The summed E-state index contributed by atoms with van der Waals surface area (Å²) in [4.78, 5) is 24.5. The fourth-order valence-corrected chi connectivity index (χ4v) is 3.15. The third-order valence-electron chi connectivity index (χ3n) is 3.48. The predicted molar refractivity (Wildman–Crippen MR) is 80.1 cm³/mol. The summed E-state index contributed by atoms with van der Waals surface area (Å²) in [6.07, 6.45) is 1.16. The topological polar surface area (TPSA) is 69.4 Å². The lowest BCUT2D eigenvalue weighted by Crippen LogP contribution is -2.26. The van der Waals surface area contributed by atoms with Crippen molar-refractivity contribution in [3.05, 3.63) is 57.8 Å². The summed E-state index contributed by atoms with van der Waals surface area (Å²) >= 11 is 1.35. The maximum Gasteiger partial charge on any atom is 0.349 e. The van der Waals surface area contributed by atoms with Crippen LogP contribution >= 0.6 is 11.3 Å². The molecular formula is C16H15NO3S. The molecule has 1 fully saturated rings. The fourth-order valence-electron chi connectivity index (χ4n) is 2.28. The largest absolute Gasteiger partial charge is 0.443 e. The first kappa shape index (κ1) is 13.8. The van der Waals surface area contributed by atoms with Gasteiger partial charge in [0.25, 0.3) is 5.91 Å². The van der Waals surface area contributed by atoms with E-state index in [2.05, 4.69) is 0 Å². The lowest BCUT2D eigenvalue weighted by molar-refractivity contribution is -0.127. The van der Waals surface area contributed by atoms with Crippen LogP contribution < -0.4 is 5.73 Å². The van der Waals surface area contributed by atoms with E-state index in [0.717, 1.165) is 18.4 Å². The Morgan fingerprint density at radius 2 is 1.90 bits per heavy atom. The number of rotatable bonds is 5. The van der Waals surface area contributed by atoms with Crippen molar-refractivity contribution < 1.29 is 14.3 Å². The maximum atomic E-state index is 12.3. The van der Waals surface area contributed by atoms with Crippen LogP contribution in [0.4, 0.5) is 0 Å². The van der Waals surface area contributed by atoms with Gasteiger partial charge >= 0.3 is 5.97 Å². The van der Waals surface area contributed by atoms with E-state index in [9.17, 15) is 9.59 Å². The van der Waals surface area contributed by atoms with Gasteiger partial charge in [-0.1, -0.05) is 30.3 Å². The van der Waals surface area contributed by atoms with E-state index in [1.54, 1.807) is 24.3 Å². The molecule has 4 nitrogen and oxygen atoms in total. The van der Waals surface area contributed by atoms with Crippen molar-refractivity contribution in [1.82, 2.24) is 0 Å². The molecule has 1 amide bonds. The molecule has 1 saturated carbocycles. The van der Waals surface area contributed by atoms with Crippen LogP contribution in [0.25, 0.3) is 0 Å². The molecular weight excluding hydrogens is 286 g/mol. The summed E-state index contributed by atoms with van der Waals surface area (Å²) in [5.41, 5.74) is 6.98. The Morgan fingerprint density at radius 3 is 2.52 bits per heavy atom. The molecule has 2 N–H and O–H groups in total. The van der Waals surface area contributed by atoms with Crippen LogP contribution in [-0.2, 0) is 9.53 Å². The Bertz CT molecular complexity index is 661. The number of nitrogens with two attached hydrogens (primary N) is 1. The Kier molecular flexibility index (Phi) is 3.75. The molecule has 1 aromatic carbocycles. The molecule has 1 unspecified atom stereocenters. The summed E-state index contributed by atoms with van der Waals surface area (Å²) in [6, 6.07) is 10.8. The van der Waals surface area contributed by atoms with Crippen LogP contribution in [0, 0.1) is 0 Å². The van der Waals surface area contributed by atoms with E-state index in [0.29, 0.717) is 16.4 Å². The minimum absolute atomic E-state index is 0.461. The molecule has 0 spiro atoms. The number of amides is 1. The Labute approximate surface area is 126 Å². The van der Waals surface area contributed by atoms with Crippen LogP contribution in [0.2, 0.25) is 0 Å². The first-order chi connectivity index (χ1) is 10.2. The number of benzene rings is 1. The number of ether oxygens (including phenoxy) is 1. The molecule has 21 heavy (non-hydrogen) atoms. The highest BCUT2D eigenvalue weighted by Crippen LogP contribution is 2.43. The van der Waals surface area contributed by atoms with Gasteiger partial charge in [0.2, 0.25) is 6.10 Å². The molecule has 0 radical (unpaired) electrons. The van der Waals surface area contributed by atoms with E-state index in [-0.39, 0.29) is 0 Å². The summed E-state index contributed by atoms with van der Waals surface area (Å²) in [5, 5.41) is 1.88. The number of hydrogen-bond acceptors (Lipinski definition) is 4. The molecule has 5 heteroatoms. The van der Waals surface area contributed by atoms with Crippen molar-refractivity contribution in [3.8, 4) is 0 Å². The third-order valence-corrected chi connectivity index (χ3v) is 4.39. The Morgan fingerprint density at radius 1 is 1.19 bits per heavy atom. The van der Waals surface area contributed by atoms with Crippen LogP contribution in [0.3, 0.4) is 0 Å². The van der Waals surface area contributed by atoms with Crippen molar-refractivity contribution in [3.63, 3.8) is 0 Å². The van der Waals surface area contributed by atoms with Crippen molar-refractivity contribution in [1.29, 1.82) is 0 Å². The number of carbonyl (C=O) groups is 2. The second kappa shape index (κ2) is 5.69. The quantitative estimate of drug-likeness (QED) is 0.863. The van der Waals surface area contributed by atoms with Gasteiger partial charge in [-0.2, -0.15) is 0 Å². The second-order valence-corrected chi connectivity index (χ2v) is 5.99. The average molecular weight is 301 g/mol. The molecule has 0 saturated heterocycles. The van der Waals surface area contributed by atoms with Crippen molar-refractivity contribution in [2.45, 2.75) is 24.9 Å². The second-order valence-electron chi connectivity index (χ2n) is 5.08. The maximum absolute atomic E-state index is 12.3. The van der Waals surface area contributed by atoms with Gasteiger partial charge in [-0.15, -0.1) is 11.3 Å². The first-order valence-corrected chi connectivity index (χ1v) is 7.67. The monoisotopic (exact) mass is 301 g/mol. The summed E-state index contributed by atoms with van der Waals surface area (Å²) in [6.45, 7) is 0. The molecule has 0 bridgehead atoms. The van der Waals surface area contributed by atoms with E-state index in [1.165, 1.54) is 11.3 Å². The minimum Gasteiger partial charge on any atom is -0.443 e.